The Labute approximate surface area is 279 Å². The van der Waals surface area contributed by atoms with Crippen LogP contribution in [0.15, 0.2) is 35.7 Å². The van der Waals surface area contributed by atoms with Crippen molar-refractivity contribution < 1.29 is 39.3 Å². The van der Waals surface area contributed by atoms with Gasteiger partial charge in [0.1, 0.15) is 12.1 Å². The average Bonchev–Trinajstić information content (AvgIpc) is 3.53. The number of aromatic carboxylic acids is 1. The maximum absolute atomic E-state index is 13.8. The Morgan fingerprint density at radius 2 is 1.66 bits per heavy atom. The first-order valence-corrected chi connectivity index (χ1v) is 16.7. The molecule has 0 saturated heterocycles. The number of aliphatic carboxylic acids is 1. The van der Waals surface area contributed by atoms with Gasteiger partial charge in [-0.1, -0.05) is 46.2 Å². The molecule has 14 heteroatoms. The zero-order chi connectivity index (χ0) is 35.3. The van der Waals surface area contributed by atoms with Crippen LogP contribution in [-0.4, -0.2) is 81.8 Å². The Morgan fingerprint density at radius 1 is 0.957 bits per heavy atom. The predicted octanol–water partition coefficient (Wildman–Crippen LogP) is 2.51. The number of aryl methyl sites for hydroxylation is 1. The first kappa shape index (κ1) is 39.2. The summed E-state index contributed by atoms with van der Waals surface area (Å²) in [5, 5.41) is 42.8. The Morgan fingerprint density at radius 3 is 2.23 bits per heavy atom. The van der Waals surface area contributed by atoms with E-state index in [1.165, 1.54) is 17.4 Å². The van der Waals surface area contributed by atoms with Gasteiger partial charge in [0.25, 0.3) is 0 Å². The maximum Gasteiger partial charge on any atom is 0.336 e. The van der Waals surface area contributed by atoms with Crippen LogP contribution in [0.25, 0.3) is 0 Å². The highest BCUT2D eigenvalue weighted by Gasteiger charge is 2.33. The lowest BCUT2D eigenvalue weighted by atomic mass is 9.96. The fourth-order valence-corrected chi connectivity index (χ4v) is 5.66. The summed E-state index contributed by atoms with van der Waals surface area (Å²) in [5.41, 5.74) is 7.12. The summed E-state index contributed by atoms with van der Waals surface area (Å²) in [6.45, 7) is 9.23. The molecule has 0 aliphatic carbocycles. The van der Waals surface area contributed by atoms with Gasteiger partial charge in [-0.25, -0.2) is 4.79 Å². The van der Waals surface area contributed by atoms with Gasteiger partial charge in [0.15, 0.2) is 0 Å². The van der Waals surface area contributed by atoms with Crippen molar-refractivity contribution >= 4 is 46.7 Å². The fourth-order valence-electron chi connectivity index (χ4n) is 4.90. The lowest BCUT2D eigenvalue weighted by Gasteiger charge is -2.30. The van der Waals surface area contributed by atoms with Crippen LogP contribution in [0.3, 0.4) is 0 Å². The van der Waals surface area contributed by atoms with Crippen molar-refractivity contribution in [2.45, 2.75) is 97.0 Å². The Balaban J connectivity index is 2.23. The third-order valence-electron chi connectivity index (χ3n) is 7.92. The number of nitrogens with two attached hydrogens (primary N) is 1. The quantitative estimate of drug-likeness (QED) is 0.102. The summed E-state index contributed by atoms with van der Waals surface area (Å²) in [6.07, 6.45) is -0.354. The summed E-state index contributed by atoms with van der Waals surface area (Å²) in [7, 11) is 0. The number of carboxylic acids is 2. The Bertz CT molecular complexity index is 1350. The predicted molar refractivity (Wildman–Crippen MR) is 180 cm³/mol. The highest BCUT2D eigenvalue weighted by Crippen LogP contribution is 2.18. The monoisotopic (exact) mass is 675 g/mol. The number of carbonyl (C=O) groups excluding carboxylic acids is 3. The third kappa shape index (κ3) is 13.0. The normalized spacial score (nSPS) is 15.1. The number of anilines is 1. The molecule has 9 N–H and O–H groups in total. The van der Waals surface area contributed by atoms with Gasteiger partial charge < -0.3 is 42.3 Å². The molecular weight excluding hydrogens is 626 g/mol. The second-order valence-corrected chi connectivity index (χ2v) is 13.3. The summed E-state index contributed by atoms with van der Waals surface area (Å²) in [5.74, 6) is -4.17. The Kier molecular flexibility index (Phi) is 15.8. The van der Waals surface area contributed by atoms with E-state index in [0.717, 1.165) is 4.88 Å². The third-order valence-corrected chi connectivity index (χ3v) is 8.82. The molecule has 47 heavy (non-hydrogen) atoms. The maximum atomic E-state index is 13.8. The molecule has 0 fully saturated rings. The van der Waals surface area contributed by atoms with Gasteiger partial charge in [-0.05, 0) is 60.7 Å². The molecule has 260 valence electrons. The van der Waals surface area contributed by atoms with Gasteiger partial charge in [0.05, 0.1) is 23.8 Å². The number of rotatable bonds is 20. The lowest BCUT2D eigenvalue weighted by molar-refractivity contribution is -0.137. The zero-order valence-corrected chi connectivity index (χ0v) is 28.4. The van der Waals surface area contributed by atoms with Crippen LogP contribution in [0.2, 0.25) is 0 Å². The van der Waals surface area contributed by atoms with E-state index in [0.29, 0.717) is 24.1 Å². The smallest absolute Gasteiger partial charge is 0.336 e. The molecule has 1 heterocycles. The number of amides is 3. The number of carboxylic acid groups (broad SMARTS) is 2. The molecule has 0 saturated carbocycles. The number of hydrogen-bond donors (Lipinski definition) is 8. The van der Waals surface area contributed by atoms with Crippen LogP contribution in [0.5, 0.6) is 0 Å². The van der Waals surface area contributed by atoms with Gasteiger partial charge in [0, 0.05) is 30.0 Å². The van der Waals surface area contributed by atoms with Crippen LogP contribution >= 0.6 is 11.3 Å². The summed E-state index contributed by atoms with van der Waals surface area (Å²) < 4.78 is 0. The van der Waals surface area contributed by atoms with Crippen LogP contribution < -0.4 is 27.0 Å². The molecule has 2 rings (SSSR count). The molecule has 1 aromatic heterocycles. The van der Waals surface area contributed by atoms with E-state index in [2.05, 4.69) is 21.3 Å². The molecule has 6 atom stereocenters. The van der Waals surface area contributed by atoms with Crippen molar-refractivity contribution in [2.24, 2.45) is 17.6 Å². The minimum Gasteiger partial charge on any atom is -0.481 e. The van der Waals surface area contributed by atoms with E-state index < -0.39 is 59.9 Å². The van der Waals surface area contributed by atoms with E-state index in [1.807, 2.05) is 38.3 Å². The molecule has 0 radical (unpaired) electrons. The number of thiophene rings is 1. The minimum absolute atomic E-state index is 0.0198. The van der Waals surface area contributed by atoms with Crippen molar-refractivity contribution in [2.75, 3.05) is 11.9 Å². The fraction of sp³-hybridized carbons (Fsp3) is 0.545. The zero-order valence-electron chi connectivity index (χ0n) is 27.6. The van der Waals surface area contributed by atoms with Gasteiger partial charge in [-0.2, -0.15) is 0 Å². The summed E-state index contributed by atoms with van der Waals surface area (Å²) in [4.78, 5) is 63.5. The van der Waals surface area contributed by atoms with E-state index in [9.17, 15) is 34.2 Å². The highest BCUT2D eigenvalue weighted by molar-refractivity contribution is 7.09. The number of hydrogen-bond acceptors (Lipinski definition) is 9. The number of carbonyl (C=O) groups is 5. The van der Waals surface area contributed by atoms with Crippen LogP contribution in [0, 0.1) is 18.8 Å². The van der Waals surface area contributed by atoms with Crippen molar-refractivity contribution in [1.82, 2.24) is 16.0 Å². The number of aliphatic hydroxyl groups is 1. The van der Waals surface area contributed by atoms with Gasteiger partial charge in [0.2, 0.25) is 17.7 Å². The summed E-state index contributed by atoms with van der Waals surface area (Å²) in [6, 6.07) is 4.61. The van der Waals surface area contributed by atoms with Crippen molar-refractivity contribution in [3.05, 3.63) is 51.7 Å². The van der Waals surface area contributed by atoms with E-state index in [-0.39, 0.29) is 43.2 Å². The number of benzene rings is 1. The Hall–Kier alpha value is -4.01. The minimum atomic E-state index is -1.13. The largest absolute Gasteiger partial charge is 0.481 e. The van der Waals surface area contributed by atoms with Gasteiger partial charge in [-0.3, -0.25) is 19.2 Å². The molecule has 0 aliphatic rings. The second-order valence-electron chi connectivity index (χ2n) is 12.3. The van der Waals surface area contributed by atoms with Crippen molar-refractivity contribution in [3.63, 3.8) is 0 Å². The first-order chi connectivity index (χ1) is 22.1. The van der Waals surface area contributed by atoms with Gasteiger partial charge in [-0.15, -0.1) is 11.3 Å². The van der Waals surface area contributed by atoms with E-state index in [4.69, 9.17) is 10.8 Å². The van der Waals surface area contributed by atoms with Crippen molar-refractivity contribution in [1.29, 1.82) is 0 Å². The van der Waals surface area contributed by atoms with Crippen molar-refractivity contribution in [3.8, 4) is 0 Å². The molecule has 0 bridgehead atoms. The molecule has 2 aromatic rings. The van der Waals surface area contributed by atoms with Crippen LogP contribution in [0.1, 0.15) is 74.2 Å². The molecule has 0 unspecified atom stereocenters. The van der Waals surface area contributed by atoms with Gasteiger partial charge >= 0.3 is 11.9 Å². The van der Waals surface area contributed by atoms with E-state index >= 15 is 0 Å². The number of nitrogens with one attached hydrogen (secondary N) is 4. The first-order valence-electron chi connectivity index (χ1n) is 15.8. The number of aliphatic hydroxyl groups excluding tert-OH is 1. The second kappa shape index (κ2) is 19.0. The van der Waals surface area contributed by atoms with Crippen LogP contribution in [-0.2, 0) is 25.6 Å². The molecular formula is C33H49N5O8S. The molecule has 0 spiro atoms. The topological polar surface area (TPSA) is 220 Å². The highest BCUT2D eigenvalue weighted by atomic mass is 32.1. The molecule has 0 aliphatic heterocycles. The van der Waals surface area contributed by atoms with E-state index in [1.54, 1.807) is 26.0 Å². The molecule has 1 aromatic carbocycles. The lowest BCUT2D eigenvalue weighted by Crippen LogP contribution is -2.59. The molecule has 3 amide bonds. The standard InChI is InChI=1S/C33H49N5O8S/c1-6-19(4)29(38-30(42)24(34)11-12-28(40)41)32(44)37-26(16-22-8-7-13-47-22)31(43)36-25(14-18(2)3)27(39)17-35-21-10-9-20(5)23(15-21)33(45)46/h7-10,13,15,18-19,24-27,29,35,39H,6,11-12,14,16-17,34H2,1-5H3,(H,36,43)(H,37,44)(H,38,42)(H,40,41)(H,45,46)/t19-,24-,25-,26-,27+,29-/m0/s1. The molecule has 13 nitrogen and oxygen atoms in total. The average molecular weight is 676 g/mol. The van der Waals surface area contributed by atoms with Crippen LogP contribution in [0.4, 0.5) is 5.69 Å². The summed E-state index contributed by atoms with van der Waals surface area (Å²) >= 11 is 1.42. The SMILES string of the molecule is CC[C@H](C)[C@H](NC(=O)[C@@H](N)CCC(=O)O)C(=O)N[C@@H](Cc1cccs1)C(=O)N[C@@H](CC(C)C)[C@H](O)CNc1ccc(C)c(C(=O)O)c1.